The molecule has 7 nitrogen and oxygen atoms in total. The lowest BCUT2D eigenvalue weighted by molar-refractivity contribution is -0.138. The zero-order valence-electron chi connectivity index (χ0n) is 19.4. The van der Waals surface area contributed by atoms with Crippen LogP contribution in [-0.2, 0) is 4.79 Å². The minimum atomic E-state index is -0.319. The smallest absolute Gasteiger partial charge is 0.259 e. The Balaban J connectivity index is 1.64. The average Bonchev–Trinajstić information content (AvgIpc) is 3.29. The second-order valence-electron chi connectivity index (χ2n) is 9.67. The molecular formula is C25H35N3O4. The topological polar surface area (TPSA) is 83.0 Å². The molecule has 0 unspecified atom stereocenters. The van der Waals surface area contributed by atoms with Gasteiger partial charge in [0.2, 0.25) is 11.8 Å². The van der Waals surface area contributed by atoms with Gasteiger partial charge in [-0.05, 0) is 56.2 Å². The first kappa shape index (κ1) is 22.8. The number of likely N-dealkylation sites (N-methyl/N-ethyl adjacent to an activating group) is 1. The van der Waals surface area contributed by atoms with Crippen LogP contribution in [0.5, 0.6) is 5.88 Å². The van der Waals surface area contributed by atoms with E-state index < -0.39 is 0 Å². The van der Waals surface area contributed by atoms with Crippen molar-refractivity contribution in [2.24, 2.45) is 11.8 Å². The van der Waals surface area contributed by atoms with Crippen LogP contribution in [0.25, 0.3) is 5.57 Å². The zero-order chi connectivity index (χ0) is 22.8. The molecule has 2 aliphatic carbocycles. The number of amides is 2. The van der Waals surface area contributed by atoms with E-state index >= 15 is 0 Å². The molecule has 174 valence electrons. The molecule has 4 rings (SSSR count). The van der Waals surface area contributed by atoms with Gasteiger partial charge in [0.05, 0.1) is 19.2 Å². The lowest BCUT2D eigenvalue weighted by Crippen LogP contribution is -2.51. The van der Waals surface area contributed by atoms with E-state index in [9.17, 15) is 14.7 Å². The van der Waals surface area contributed by atoms with Crippen LogP contribution in [0.1, 0.15) is 68.3 Å². The number of aliphatic hydroxyl groups is 1. The molecule has 3 aliphatic rings. The van der Waals surface area contributed by atoms with Crippen molar-refractivity contribution < 1.29 is 19.4 Å². The van der Waals surface area contributed by atoms with Gasteiger partial charge < -0.3 is 19.6 Å². The molecule has 0 spiro atoms. The van der Waals surface area contributed by atoms with E-state index in [0.717, 1.165) is 44.1 Å². The molecule has 1 aromatic heterocycles. The quantitative estimate of drug-likeness (QED) is 0.733. The molecular weight excluding hydrogens is 406 g/mol. The maximum Gasteiger partial charge on any atom is 0.259 e. The van der Waals surface area contributed by atoms with Crippen molar-refractivity contribution >= 4 is 17.4 Å². The lowest BCUT2D eigenvalue weighted by atomic mass is 9.84. The van der Waals surface area contributed by atoms with Crippen molar-refractivity contribution in [3.63, 3.8) is 0 Å². The van der Waals surface area contributed by atoms with Crippen molar-refractivity contribution in [3.05, 3.63) is 29.5 Å². The maximum atomic E-state index is 13.5. The Morgan fingerprint density at radius 1 is 1.38 bits per heavy atom. The van der Waals surface area contributed by atoms with Crippen molar-refractivity contribution in [3.8, 4) is 5.88 Å². The molecule has 1 aliphatic heterocycles. The van der Waals surface area contributed by atoms with Gasteiger partial charge in [0.25, 0.3) is 5.91 Å². The maximum absolute atomic E-state index is 13.5. The van der Waals surface area contributed by atoms with Crippen LogP contribution in [0.15, 0.2) is 18.3 Å². The summed E-state index contributed by atoms with van der Waals surface area (Å²) in [5.74, 6) is 0.412. The third-order valence-corrected chi connectivity index (χ3v) is 7.22. The fraction of sp³-hybridized carbons (Fsp3) is 0.640. The van der Waals surface area contributed by atoms with Gasteiger partial charge in [-0.1, -0.05) is 19.4 Å². The first-order chi connectivity index (χ1) is 15.4. The highest BCUT2D eigenvalue weighted by atomic mass is 16.5. The van der Waals surface area contributed by atoms with Crippen LogP contribution in [0.3, 0.4) is 0 Å². The Labute approximate surface area is 190 Å². The van der Waals surface area contributed by atoms with Crippen LogP contribution in [0.2, 0.25) is 0 Å². The minimum absolute atomic E-state index is 0.0308. The minimum Gasteiger partial charge on any atom is -0.472 e. The molecule has 7 heteroatoms. The third kappa shape index (κ3) is 4.53. The van der Waals surface area contributed by atoms with E-state index in [1.54, 1.807) is 16.0 Å². The van der Waals surface area contributed by atoms with Gasteiger partial charge >= 0.3 is 0 Å². The Kier molecular flexibility index (Phi) is 6.84. The Bertz CT molecular complexity index is 895. The van der Waals surface area contributed by atoms with Gasteiger partial charge in [0, 0.05) is 31.6 Å². The largest absolute Gasteiger partial charge is 0.472 e. The van der Waals surface area contributed by atoms with E-state index in [4.69, 9.17) is 4.74 Å². The summed E-state index contributed by atoms with van der Waals surface area (Å²) in [5.41, 5.74) is 2.60. The summed E-state index contributed by atoms with van der Waals surface area (Å²) in [6.45, 7) is 4.66. The van der Waals surface area contributed by atoms with Crippen LogP contribution in [0.4, 0.5) is 0 Å². The Hall–Kier alpha value is -2.41. The fourth-order valence-corrected chi connectivity index (χ4v) is 4.76. The molecule has 0 bridgehead atoms. The second kappa shape index (κ2) is 9.61. The highest BCUT2D eigenvalue weighted by molar-refractivity contribution is 5.97. The molecule has 0 saturated heterocycles. The van der Waals surface area contributed by atoms with Gasteiger partial charge in [-0.25, -0.2) is 4.98 Å². The number of allylic oxidation sites excluding steroid dienone is 2. The van der Waals surface area contributed by atoms with Gasteiger partial charge in [0.15, 0.2) is 0 Å². The zero-order valence-corrected chi connectivity index (χ0v) is 19.4. The van der Waals surface area contributed by atoms with E-state index in [0.29, 0.717) is 24.5 Å². The number of aromatic nitrogens is 1. The number of nitrogens with zero attached hydrogens (tertiary/aromatic N) is 3. The number of pyridine rings is 1. The molecule has 0 radical (unpaired) electrons. The normalized spacial score (nSPS) is 24.6. The summed E-state index contributed by atoms with van der Waals surface area (Å²) in [6.07, 6.45) is 9.89. The number of hydrogen-bond donors (Lipinski definition) is 1. The van der Waals surface area contributed by atoms with Gasteiger partial charge in [-0.15, -0.1) is 0 Å². The number of fused-ring (bicyclic) bond motifs is 1. The number of carbonyl (C=O) groups is 2. The van der Waals surface area contributed by atoms with Crippen LogP contribution in [0, 0.1) is 11.8 Å². The van der Waals surface area contributed by atoms with Crippen LogP contribution < -0.4 is 4.74 Å². The monoisotopic (exact) mass is 441 g/mol. The van der Waals surface area contributed by atoms with Crippen LogP contribution in [-0.4, -0.2) is 70.6 Å². The van der Waals surface area contributed by atoms with Gasteiger partial charge in [-0.2, -0.15) is 0 Å². The predicted octanol–water partition coefficient (Wildman–Crippen LogP) is 3.13. The first-order valence-corrected chi connectivity index (χ1v) is 11.9. The number of ether oxygens (including phenoxy) is 1. The summed E-state index contributed by atoms with van der Waals surface area (Å²) < 4.78 is 6.32. The molecule has 2 heterocycles. The Morgan fingerprint density at radius 2 is 2.16 bits per heavy atom. The standard InChI is InChI=1S/C25H35N3O4/c1-16-13-28(17(2)15-29)25(31)21-11-20(18-7-4-5-8-18)12-26-23(21)32-22(16)14-27(3)24(30)19-9-6-10-19/h7,11-12,16-17,19,22,29H,4-6,8-10,13-15H2,1-3H3/t16-,17-,22-/m0/s1. The third-order valence-electron chi connectivity index (χ3n) is 7.22. The molecule has 3 atom stereocenters. The molecule has 1 N–H and O–H groups in total. The molecule has 0 aromatic carbocycles. The molecule has 1 fully saturated rings. The van der Waals surface area contributed by atoms with E-state index in [2.05, 4.69) is 11.1 Å². The van der Waals surface area contributed by atoms with E-state index in [1.165, 1.54) is 5.57 Å². The number of rotatable bonds is 6. The number of aliphatic hydroxyl groups excluding tert-OH is 1. The van der Waals surface area contributed by atoms with E-state index in [1.807, 2.05) is 27.0 Å². The Morgan fingerprint density at radius 3 is 2.78 bits per heavy atom. The number of hydrogen-bond acceptors (Lipinski definition) is 5. The van der Waals surface area contributed by atoms with Crippen molar-refractivity contribution in [2.75, 3.05) is 26.7 Å². The number of carbonyl (C=O) groups excluding carboxylic acids is 2. The second-order valence-corrected chi connectivity index (χ2v) is 9.67. The summed E-state index contributed by atoms with van der Waals surface area (Å²) in [6, 6.07) is 1.56. The van der Waals surface area contributed by atoms with Crippen molar-refractivity contribution in [1.82, 2.24) is 14.8 Å². The molecule has 1 saturated carbocycles. The summed E-state index contributed by atoms with van der Waals surface area (Å²) in [5, 5.41) is 9.80. The van der Waals surface area contributed by atoms with Gasteiger partial charge in [-0.3, -0.25) is 9.59 Å². The molecule has 1 aromatic rings. The van der Waals surface area contributed by atoms with Crippen molar-refractivity contribution in [1.29, 1.82) is 0 Å². The summed E-state index contributed by atoms with van der Waals surface area (Å²) in [7, 11) is 1.83. The summed E-state index contributed by atoms with van der Waals surface area (Å²) in [4.78, 5) is 34.3. The van der Waals surface area contributed by atoms with E-state index in [-0.39, 0.29) is 42.4 Å². The SMILES string of the molecule is C[C@H]1CN([C@@H](C)CO)C(=O)c2cc(C3=CCCC3)cnc2O[C@H]1CN(C)C(=O)C1CCC1. The first-order valence-electron chi connectivity index (χ1n) is 11.9. The lowest BCUT2D eigenvalue weighted by Gasteiger charge is -2.38. The highest BCUT2D eigenvalue weighted by Gasteiger charge is 2.36. The highest BCUT2D eigenvalue weighted by Crippen LogP contribution is 2.33. The molecule has 32 heavy (non-hydrogen) atoms. The average molecular weight is 442 g/mol. The van der Waals surface area contributed by atoms with Crippen molar-refractivity contribution in [2.45, 2.75) is 64.5 Å². The fourth-order valence-electron chi connectivity index (χ4n) is 4.76. The molecule has 2 amide bonds. The van der Waals surface area contributed by atoms with Crippen LogP contribution >= 0.6 is 0 Å². The summed E-state index contributed by atoms with van der Waals surface area (Å²) >= 11 is 0. The van der Waals surface area contributed by atoms with Gasteiger partial charge in [0.1, 0.15) is 11.7 Å². The predicted molar refractivity (Wildman–Crippen MR) is 122 cm³/mol.